The van der Waals surface area contributed by atoms with Crippen molar-refractivity contribution in [1.29, 1.82) is 0 Å². The Morgan fingerprint density at radius 3 is 2.62 bits per heavy atom. The molecule has 0 bridgehead atoms. The number of nitrogens with zero attached hydrogens (tertiary/aromatic N) is 2. The van der Waals surface area contributed by atoms with Gasteiger partial charge in [0.2, 0.25) is 5.88 Å². The predicted octanol–water partition coefficient (Wildman–Crippen LogP) is 3.99. The first-order valence-corrected chi connectivity index (χ1v) is 12.0. The van der Waals surface area contributed by atoms with Gasteiger partial charge in [0.05, 0.1) is 39.9 Å². The number of pyridine rings is 1. The maximum Gasteiger partial charge on any atom is 0.260 e. The molecule has 0 atom stereocenters. The minimum atomic E-state index is -3.33. The number of aromatic nitrogens is 3. The summed E-state index contributed by atoms with van der Waals surface area (Å²) in [6.45, 7) is -0.0511. The van der Waals surface area contributed by atoms with E-state index in [9.17, 15) is 13.2 Å². The molecule has 1 amide bonds. The number of amides is 1. The molecular weight excluding hydrogens is 487 g/mol. The number of halogens is 2. The molecule has 2 aromatic heterocycles. The van der Waals surface area contributed by atoms with Gasteiger partial charge in [-0.05, 0) is 35.9 Å². The third kappa shape index (κ3) is 4.80. The molecule has 0 spiro atoms. The van der Waals surface area contributed by atoms with Gasteiger partial charge in [0, 0.05) is 6.26 Å². The number of anilines is 1. The highest BCUT2D eigenvalue weighted by Gasteiger charge is 2.21. The van der Waals surface area contributed by atoms with E-state index in [1.807, 2.05) is 0 Å². The van der Waals surface area contributed by atoms with Crippen LogP contribution in [0.3, 0.4) is 0 Å². The third-order valence-electron chi connectivity index (χ3n) is 4.86. The van der Waals surface area contributed by atoms with Crippen LogP contribution in [0.5, 0.6) is 11.6 Å². The van der Waals surface area contributed by atoms with Gasteiger partial charge in [0.15, 0.2) is 27.1 Å². The van der Waals surface area contributed by atoms with Crippen molar-refractivity contribution < 1.29 is 27.1 Å². The number of hydrogen-bond donors (Lipinski definition) is 2. The average Bonchev–Trinajstić information content (AvgIpc) is 3.20. The smallest absolute Gasteiger partial charge is 0.260 e. The number of aromatic amines is 1. The number of fused-ring (bicyclic) bond motifs is 1. The maximum absolute atomic E-state index is 15.1. The second kappa shape index (κ2) is 9.27. The summed E-state index contributed by atoms with van der Waals surface area (Å²) in [5.74, 6) is -1.63. The van der Waals surface area contributed by atoms with Crippen LogP contribution in [0.1, 0.15) is 15.9 Å². The molecule has 2 aromatic carbocycles. The van der Waals surface area contributed by atoms with Crippen LogP contribution >= 0.6 is 11.6 Å². The van der Waals surface area contributed by atoms with Crippen LogP contribution < -0.4 is 14.8 Å². The molecule has 0 aliphatic heterocycles. The number of hydrogen-bond acceptors (Lipinski definition) is 7. The van der Waals surface area contributed by atoms with E-state index in [0.717, 1.165) is 6.26 Å². The maximum atomic E-state index is 15.1. The normalized spacial score (nSPS) is 11.4. The van der Waals surface area contributed by atoms with Crippen molar-refractivity contribution in [2.24, 2.45) is 0 Å². The second-order valence-electron chi connectivity index (χ2n) is 7.25. The Kier molecular flexibility index (Phi) is 6.40. The first-order valence-electron chi connectivity index (χ1n) is 9.76. The Morgan fingerprint density at radius 1 is 1.21 bits per heavy atom. The molecule has 9 nitrogen and oxygen atoms in total. The highest BCUT2D eigenvalue weighted by molar-refractivity contribution is 7.90. The van der Waals surface area contributed by atoms with Gasteiger partial charge in [-0.1, -0.05) is 23.7 Å². The van der Waals surface area contributed by atoms with Crippen LogP contribution in [0.4, 0.5) is 10.1 Å². The lowest BCUT2D eigenvalue weighted by Crippen LogP contribution is -2.15. The predicted molar refractivity (Wildman–Crippen MR) is 124 cm³/mol. The third-order valence-corrected chi connectivity index (χ3v) is 6.30. The van der Waals surface area contributed by atoms with Crippen LogP contribution in [0.25, 0.3) is 11.0 Å². The highest BCUT2D eigenvalue weighted by atomic mass is 35.5. The van der Waals surface area contributed by atoms with Crippen LogP contribution in [0, 0.1) is 5.82 Å². The second-order valence-corrected chi connectivity index (χ2v) is 9.67. The molecule has 2 N–H and O–H groups in total. The molecule has 176 valence electrons. The summed E-state index contributed by atoms with van der Waals surface area (Å²) < 4.78 is 48.9. The Morgan fingerprint density at radius 2 is 1.94 bits per heavy atom. The van der Waals surface area contributed by atoms with E-state index >= 15 is 4.39 Å². The number of carbonyl (C=O) groups excluding carboxylic acids is 1. The summed E-state index contributed by atoms with van der Waals surface area (Å²) in [4.78, 5) is 17.1. The van der Waals surface area contributed by atoms with E-state index in [1.54, 1.807) is 18.2 Å². The lowest BCUT2D eigenvalue weighted by molar-refractivity contribution is 0.102. The van der Waals surface area contributed by atoms with Gasteiger partial charge in [0.25, 0.3) is 5.91 Å². The molecule has 0 saturated heterocycles. The lowest BCUT2D eigenvalue weighted by atomic mass is 10.1. The van der Waals surface area contributed by atoms with Crippen molar-refractivity contribution in [3.63, 3.8) is 0 Å². The van der Waals surface area contributed by atoms with Crippen LogP contribution in [-0.2, 0) is 16.4 Å². The Balaban J connectivity index is 1.53. The fourth-order valence-corrected chi connectivity index (χ4v) is 4.01. The fourth-order valence-electron chi connectivity index (χ4n) is 3.15. The van der Waals surface area contributed by atoms with Crippen LogP contribution in [-0.4, -0.2) is 42.9 Å². The number of sulfone groups is 1. The minimum absolute atomic E-state index is 0.0511. The molecule has 4 aromatic rings. The van der Waals surface area contributed by atoms with Gasteiger partial charge < -0.3 is 14.8 Å². The zero-order chi connectivity index (χ0) is 24.5. The van der Waals surface area contributed by atoms with Crippen molar-refractivity contribution in [2.75, 3.05) is 18.7 Å². The summed E-state index contributed by atoms with van der Waals surface area (Å²) in [5.41, 5.74) is 0.955. The van der Waals surface area contributed by atoms with Gasteiger partial charge in [-0.25, -0.2) is 17.8 Å². The summed E-state index contributed by atoms with van der Waals surface area (Å²) in [5, 5.41) is 9.62. The Hall–Kier alpha value is -3.70. The van der Waals surface area contributed by atoms with Gasteiger partial charge in [-0.3, -0.25) is 9.89 Å². The molecule has 12 heteroatoms. The summed E-state index contributed by atoms with van der Waals surface area (Å²) in [7, 11) is -1.88. The Bertz CT molecular complexity index is 1490. The topological polar surface area (TPSA) is 123 Å². The largest absolute Gasteiger partial charge is 0.486 e. The molecule has 0 radical (unpaired) electrons. The van der Waals surface area contributed by atoms with E-state index in [1.165, 1.54) is 37.6 Å². The fraction of sp³-hybridized carbons (Fsp3) is 0.136. The minimum Gasteiger partial charge on any atom is -0.486 e. The van der Waals surface area contributed by atoms with Crippen molar-refractivity contribution in [3.8, 4) is 11.6 Å². The first kappa shape index (κ1) is 23.5. The van der Waals surface area contributed by atoms with E-state index in [2.05, 4.69) is 20.5 Å². The molecule has 0 fully saturated rings. The number of nitrogens with one attached hydrogen (secondary N) is 2. The van der Waals surface area contributed by atoms with Crippen molar-refractivity contribution in [1.82, 2.24) is 15.2 Å². The van der Waals surface area contributed by atoms with Crippen molar-refractivity contribution in [2.45, 2.75) is 11.5 Å². The highest BCUT2D eigenvalue weighted by Crippen LogP contribution is 2.30. The molecule has 0 saturated carbocycles. The number of carbonyl (C=O) groups is 1. The molecule has 2 heterocycles. The number of methoxy groups -OCH3 is 1. The van der Waals surface area contributed by atoms with Gasteiger partial charge in [0.1, 0.15) is 6.61 Å². The van der Waals surface area contributed by atoms with E-state index in [-0.39, 0.29) is 28.0 Å². The zero-order valence-electron chi connectivity index (χ0n) is 17.9. The number of ether oxygens (including phenoxy) is 2. The summed E-state index contributed by atoms with van der Waals surface area (Å²) in [6.07, 6.45) is 2.48. The van der Waals surface area contributed by atoms with Gasteiger partial charge >= 0.3 is 0 Å². The molecule has 4 rings (SSSR count). The molecule has 0 aliphatic carbocycles. The van der Waals surface area contributed by atoms with Gasteiger partial charge in [-0.15, -0.1) is 5.10 Å². The molecular formula is C22H18ClFN4O5S. The Labute approximate surface area is 198 Å². The SMILES string of the molecule is COc1n[nH]c2ncc(NC(=O)c3c(Cl)ccc(OCc4ccc(S(C)(=O)=O)cc4)c3F)cc12. The zero-order valence-corrected chi connectivity index (χ0v) is 19.5. The molecule has 34 heavy (non-hydrogen) atoms. The van der Waals surface area contributed by atoms with Crippen LogP contribution in [0.15, 0.2) is 53.6 Å². The van der Waals surface area contributed by atoms with Crippen LogP contribution in [0.2, 0.25) is 5.02 Å². The monoisotopic (exact) mass is 504 g/mol. The lowest BCUT2D eigenvalue weighted by Gasteiger charge is -2.12. The van der Waals surface area contributed by atoms with Gasteiger partial charge in [-0.2, -0.15) is 0 Å². The van der Waals surface area contributed by atoms with E-state index in [4.69, 9.17) is 21.1 Å². The number of H-pyrrole nitrogens is 1. The quantitative estimate of drug-likeness (QED) is 0.390. The number of rotatable bonds is 7. The molecule has 0 unspecified atom stereocenters. The number of benzene rings is 2. The first-order chi connectivity index (χ1) is 16.2. The summed E-state index contributed by atoms with van der Waals surface area (Å²) in [6, 6.07) is 10.2. The van der Waals surface area contributed by atoms with Crippen molar-refractivity contribution in [3.05, 3.63) is 70.6 Å². The standard InChI is InChI=1S/C22H18ClFN4O5S/c1-32-22-15-9-13(10-25-20(15)27-28-22)26-21(29)18-16(23)7-8-17(19(18)24)33-11-12-3-5-14(6-4-12)34(2,30)31/h3-10H,11H2,1-2H3,(H,26,29)(H,25,27,28). The summed E-state index contributed by atoms with van der Waals surface area (Å²) >= 11 is 6.10. The average molecular weight is 505 g/mol. The van der Waals surface area contributed by atoms with Crippen molar-refractivity contribution >= 4 is 44.1 Å². The van der Waals surface area contributed by atoms with E-state index < -0.39 is 27.1 Å². The molecule has 0 aliphatic rings. The van der Waals surface area contributed by atoms with E-state index in [0.29, 0.717) is 22.5 Å².